The first-order valence-corrected chi connectivity index (χ1v) is 20.6. The molecular formula is C40H41N3O5Si. The number of hydrogen-bond acceptors (Lipinski definition) is 5. The van der Waals surface area contributed by atoms with Crippen molar-refractivity contribution in [1.29, 1.82) is 0 Å². The molecule has 2 aliphatic rings. The van der Waals surface area contributed by atoms with Gasteiger partial charge in [0, 0.05) is 67.8 Å². The first-order chi connectivity index (χ1) is 23.6. The second-order valence-corrected chi connectivity index (χ2v) is 19.7. The molecule has 5 aromatic rings. The fourth-order valence-electron chi connectivity index (χ4n) is 6.91. The Morgan fingerprint density at radius 2 is 1.41 bits per heavy atom. The molecule has 0 spiro atoms. The molecule has 1 aliphatic carbocycles. The fourth-order valence-corrected chi connectivity index (χ4v) is 7.67. The maximum atomic E-state index is 14.6. The third-order valence-corrected chi connectivity index (χ3v) is 11.0. The van der Waals surface area contributed by atoms with Crippen molar-refractivity contribution in [2.45, 2.75) is 64.5 Å². The maximum Gasteiger partial charge on any atom is 0.303 e. The van der Waals surface area contributed by atoms with E-state index in [0.717, 1.165) is 33.4 Å². The first kappa shape index (κ1) is 32.5. The van der Waals surface area contributed by atoms with Crippen LogP contribution in [-0.4, -0.2) is 52.6 Å². The second-order valence-electron chi connectivity index (χ2n) is 14.1. The van der Waals surface area contributed by atoms with Gasteiger partial charge in [0.25, 0.3) is 11.8 Å². The molecule has 0 bridgehead atoms. The number of fused-ring (bicyclic) bond motifs is 2. The number of imide groups is 1. The number of allylic oxidation sites excluding steroid dienone is 1. The standard InChI is InChI=1S/C40H41N3O5Si/c1-27(44)48-30-19-18-29(22-30)42-25-34(32-15-9-11-17-36(32)42)38-37(39(45)43(40(38)46)23-28-12-6-5-7-13-28)33-24-41(26-47-20-21-49(2,3)4)35-16-10-8-14-31(33)35/h5-19,24-25,29-30H,20-23,26H2,1-4H3/t29-,30+/m1/s1. The Morgan fingerprint density at radius 1 is 0.796 bits per heavy atom. The van der Waals surface area contributed by atoms with Crippen LogP contribution in [0.15, 0.2) is 103 Å². The maximum absolute atomic E-state index is 14.6. The number of ether oxygens (including phenoxy) is 2. The fraction of sp³-hybridized carbons (Fsp3) is 0.275. The predicted molar refractivity (Wildman–Crippen MR) is 195 cm³/mol. The quantitative estimate of drug-likeness (QED) is 0.0470. The Kier molecular flexibility index (Phi) is 8.73. The van der Waals surface area contributed by atoms with Gasteiger partial charge < -0.3 is 18.6 Å². The Hall–Kier alpha value is -4.99. The van der Waals surface area contributed by atoms with E-state index in [1.807, 2.05) is 108 Å². The van der Waals surface area contributed by atoms with Crippen LogP contribution in [0, 0.1) is 0 Å². The van der Waals surface area contributed by atoms with Crippen molar-refractivity contribution in [2.75, 3.05) is 6.61 Å². The summed E-state index contributed by atoms with van der Waals surface area (Å²) in [4.78, 5) is 42.3. The average molecular weight is 672 g/mol. The molecule has 250 valence electrons. The van der Waals surface area contributed by atoms with Gasteiger partial charge in [-0.15, -0.1) is 0 Å². The van der Waals surface area contributed by atoms with Crippen LogP contribution in [0.2, 0.25) is 25.7 Å². The summed E-state index contributed by atoms with van der Waals surface area (Å²) in [5, 5.41) is 1.76. The molecule has 0 saturated heterocycles. The number of para-hydroxylation sites is 2. The lowest BCUT2D eigenvalue weighted by Crippen LogP contribution is -2.30. The number of carbonyl (C=O) groups is 3. The Morgan fingerprint density at radius 3 is 2.08 bits per heavy atom. The van der Waals surface area contributed by atoms with Crippen molar-refractivity contribution in [3.63, 3.8) is 0 Å². The van der Waals surface area contributed by atoms with E-state index in [0.29, 0.717) is 42.0 Å². The summed E-state index contributed by atoms with van der Waals surface area (Å²) < 4.78 is 15.8. The number of amides is 2. The molecule has 1 aliphatic heterocycles. The Balaban J connectivity index is 1.37. The number of rotatable bonds is 11. The van der Waals surface area contributed by atoms with Crippen LogP contribution in [0.1, 0.15) is 36.1 Å². The summed E-state index contributed by atoms with van der Waals surface area (Å²) in [7, 11) is -1.27. The molecular weight excluding hydrogens is 631 g/mol. The molecule has 0 unspecified atom stereocenters. The molecule has 49 heavy (non-hydrogen) atoms. The van der Waals surface area contributed by atoms with Crippen LogP contribution in [0.25, 0.3) is 33.0 Å². The van der Waals surface area contributed by atoms with Crippen molar-refractivity contribution in [3.05, 3.63) is 120 Å². The molecule has 0 saturated carbocycles. The molecule has 0 fully saturated rings. The van der Waals surface area contributed by atoms with Crippen molar-refractivity contribution in [3.8, 4) is 0 Å². The third kappa shape index (κ3) is 6.44. The van der Waals surface area contributed by atoms with Gasteiger partial charge in [0.15, 0.2) is 0 Å². The lowest BCUT2D eigenvalue weighted by molar-refractivity contribution is -0.144. The Bertz CT molecular complexity index is 2140. The van der Waals surface area contributed by atoms with Crippen molar-refractivity contribution >= 4 is 58.8 Å². The minimum absolute atomic E-state index is 0.0881. The van der Waals surface area contributed by atoms with Gasteiger partial charge in [-0.2, -0.15) is 0 Å². The van der Waals surface area contributed by atoms with Crippen molar-refractivity contribution in [1.82, 2.24) is 14.0 Å². The molecule has 0 radical (unpaired) electrons. The summed E-state index contributed by atoms with van der Waals surface area (Å²) in [6.45, 7) is 9.58. The molecule has 2 amide bonds. The van der Waals surface area contributed by atoms with Crippen LogP contribution in [0.3, 0.4) is 0 Å². The molecule has 2 atom stereocenters. The Labute approximate surface area is 287 Å². The highest BCUT2D eigenvalue weighted by Crippen LogP contribution is 2.43. The van der Waals surface area contributed by atoms with Gasteiger partial charge in [0.1, 0.15) is 12.8 Å². The predicted octanol–water partition coefficient (Wildman–Crippen LogP) is 7.82. The largest absolute Gasteiger partial charge is 0.458 e. The SMILES string of the molecule is CC(=O)O[C@H]1C=C[C@@H](n2cc(C3=C(c4cn(COCC[Si](C)(C)C)c5ccccc45)C(=O)N(Cc4ccccc4)C3=O)c3ccccc32)C1. The summed E-state index contributed by atoms with van der Waals surface area (Å²) in [5.74, 6) is -0.967. The normalized spacial score (nSPS) is 18.1. The lowest BCUT2D eigenvalue weighted by atomic mass is 9.95. The number of hydrogen-bond donors (Lipinski definition) is 0. The van der Waals surface area contributed by atoms with E-state index >= 15 is 0 Å². The highest BCUT2D eigenvalue weighted by molar-refractivity contribution is 6.76. The summed E-state index contributed by atoms with van der Waals surface area (Å²) in [5.41, 5.74) is 4.93. The van der Waals surface area contributed by atoms with Crippen LogP contribution in [0.4, 0.5) is 0 Å². The van der Waals surface area contributed by atoms with Gasteiger partial charge in [-0.05, 0) is 29.8 Å². The number of esters is 1. The first-order valence-electron chi connectivity index (χ1n) is 16.8. The van der Waals surface area contributed by atoms with E-state index in [1.165, 1.54) is 11.8 Å². The van der Waals surface area contributed by atoms with Crippen LogP contribution in [0.5, 0.6) is 0 Å². The van der Waals surface area contributed by atoms with E-state index in [1.54, 1.807) is 0 Å². The van der Waals surface area contributed by atoms with Gasteiger partial charge in [-0.1, -0.05) is 92.4 Å². The number of carbonyl (C=O) groups excluding carboxylic acids is 3. The van der Waals surface area contributed by atoms with Gasteiger partial charge in [0.2, 0.25) is 0 Å². The van der Waals surface area contributed by atoms with Gasteiger partial charge in [-0.25, -0.2) is 0 Å². The molecule has 8 nitrogen and oxygen atoms in total. The summed E-state index contributed by atoms with van der Waals surface area (Å²) in [6.07, 6.45) is 8.17. The summed E-state index contributed by atoms with van der Waals surface area (Å²) >= 11 is 0. The summed E-state index contributed by atoms with van der Waals surface area (Å²) in [6, 6.07) is 26.5. The van der Waals surface area contributed by atoms with E-state index in [9.17, 15) is 14.4 Å². The molecule has 7 rings (SSSR count). The van der Waals surface area contributed by atoms with Gasteiger partial charge in [-0.3, -0.25) is 19.3 Å². The van der Waals surface area contributed by atoms with Crippen LogP contribution < -0.4 is 0 Å². The van der Waals surface area contributed by atoms with Crippen molar-refractivity contribution in [2.24, 2.45) is 0 Å². The minimum Gasteiger partial charge on any atom is -0.458 e. The van der Waals surface area contributed by atoms with Gasteiger partial charge in [0.05, 0.1) is 29.2 Å². The topological polar surface area (TPSA) is 82.8 Å². The number of aromatic nitrogens is 2. The molecule has 2 aromatic heterocycles. The van der Waals surface area contributed by atoms with E-state index in [4.69, 9.17) is 9.47 Å². The zero-order valence-corrected chi connectivity index (χ0v) is 29.4. The van der Waals surface area contributed by atoms with E-state index in [-0.39, 0.29) is 36.5 Å². The smallest absolute Gasteiger partial charge is 0.303 e. The molecule has 3 heterocycles. The highest BCUT2D eigenvalue weighted by Gasteiger charge is 2.42. The molecule has 0 N–H and O–H groups in total. The second kappa shape index (κ2) is 13.1. The molecule has 9 heteroatoms. The lowest BCUT2D eigenvalue weighted by Gasteiger charge is -2.15. The van der Waals surface area contributed by atoms with Gasteiger partial charge >= 0.3 is 5.97 Å². The highest BCUT2D eigenvalue weighted by atomic mass is 28.3. The number of benzene rings is 3. The zero-order valence-electron chi connectivity index (χ0n) is 28.4. The van der Waals surface area contributed by atoms with E-state index < -0.39 is 8.07 Å². The average Bonchev–Trinajstić information content (AvgIpc) is 3.83. The van der Waals surface area contributed by atoms with Crippen molar-refractivity contribution < 1.29 is 23.9 Å². The zero-order chi connectivity index (χ0) is 34.3. The van der Waals surface area contributed by atoms with Crippen LogP contribution >= 0.6 is 0 Å². The van der Waals surface area contributed by atoms with E-state index in [2.05, 4.69) is 24.2 Å². The van der Waals surface area contributed by atoms with Crippen LogP contribution in [-0.2, 0) is 37.1 Å². The third-order valence-electron chi connectivity index (χ3n) is 9.34. The monoisotopic (exact) mass is 671 g/mol. The minimum atomic E-state index is -1.27. The molecule has 3 aromatic carbocycles. The number of nitrogens with zero attached hydrogens (tertiary/aromatic N) is 3.